The van der Waals surface area contributed by atoms with Crippen LogP contribution in [0.15, 0.2) is 35.5 Å². The molecule has 1 saturated heterocycles. The third-order valence-electron chi connectivity index (χ3n) is 4.48. The summed E-state index contributed by atoms with van der Waals surface area (Å²) in [5, 5.41) is 8.00. The first-order chi connectivity index (χ1) is 12.4. The maximum Gasteiger partial charge on any atom is 0.338 e. The van der Waals surface area contributed by atoms with Gasteiger partial charge in [0.2, 0.25) is 10.0 Å². The maximum absolute atomic E-state index is 13.1. The molecule has 26 heavy (non-hydrogen) atoms. The highest BCUT2D eigenvalue weighted by molar-refractivity contribution is 7.89. The van der Waals surface area contributed by atoms with Crippen LogP contribution in [0.3, 0.4) is 0 Å². The zero-order chi connectivity index (χ0) is 18.7. The lowest BCUT2D eigenvalue weighted by Gasteiger charge is -2.31. The molecule has 0 spiro atoms. The number of benzene rings is 1. The van der Waals surface area contributed by atoms with Crippen LogP contribution in [-0.4, -0.2) is 53.2 Å². The number of nitrogens with zero attached hydrogens (tertiary/aromatic N) is 4. The van der Waals surface area contributed by atoms with Gasteiger partial charge in [0.25, 0.3) is 0 Å². The second kappa shape index (κ2) is 7.55. The van der Waals surface area contributed by atoms with E-state index in [-0.39, 0.29) is 23.0 Å². The Hall–Kier alpha value is -2.26. The molecule has 2 aromatic rings. The average molecular weight is 378 g/mol. The van der Waals surface area contributed by atoms with E-state index in [4.69, 9.17) is 4.74 Å². The van der Waals surface area contributed by atoms with E-state index in [0.29, 0.717) is 13.1 Å². The molecule has 0 radical (unpaired) electrons. The Balaban J connectivity index is 1.85. The topological polar surface area (TPSA) is 94.4 Å². The minimum absolute atomic E-state index is 0.000681. The Kier molecular flexibility index (Phi) is 5.38. The van der Waals surface area contributed by atoms with Crippen LogP contribution in [0.4, 0.5) is 0 Å². The summed E-state index contributed by atoms with van der Waals surface area (Å²) in [6, 6.07) is 5.99. The van der Waals surface area contributed by atoms with E-state index >= 15 is 0 Å². The molecule has 1 aromatic carbocycles. The number of rotatable bonds is 5. The quantitative estimate of drug-likeness (QED) is 0.733. The van der Waals surface area contributed by atoms with Gasteiger partial charge in [0.1, 0.15) is 12.2 Å². The number of carbonyl (C=O) groups is 1. The molecule has 1 fully saturated rings. The Labute approximate surface area is 152 Å². The van der Waals surface area contributed by atoms with E-state index in [0.717, 1.165) is 18.7 Å². The molecule has 0 N–H and O–H groups in total. The van der Waals surface area contributed by atoms with Crippen molar-refractivity contribution in [1.29, 1.82) is 0 Å². The minimum atomic E-state index is -3.70. The number of ether oxygens (including phenoxy) is 1. The van der Waals surface area contributed by atoms with Crippen molar-refractivity contribution in [3.63, 3.8) is 0 Å². The number of carbonyl (C=O) groups excluding carboxylic acids is 1. The Bertz CT molecular complexity index is 894. The first-order valence-electron chi connectivity index (χ1n) is 8.54. The van der Waals surface area contributed by atoms with Crippen LogP contribution in [-0.2, 0) is 21.8 Å². The number of hydrogen-bond donors (Lipinski definition) is 0. The Morgan fingerprint density at radius 2 is 2.19 bits per heavy atom. The van der Waals surface area contributed by atoms with Crippen LogP contribution in [0.5, 0.6) is 0 Å². The zero-order valence-corrected chi connectivity index (χ0v) is 15.6. The highest BCUT2D eigenvalue weighted by Gasteiger charge is 2.33. The number of sulfonamides is 1. The molecule has 2 heterocycles. The number of esters is 1. The number of aromatic nitrogens is 3. The number of piperidine rings is 1. The SMILES string of the molecule is CCOC(=O)c1cccc(S(=O)(=O)N2CCCC(c3nncn3C)C2)c1. The highest BCUT2D eigenvalue weighted by atomic mass is 32.2. The number of hydrogen-bond acceptors (Lipinski definition) is 6. The van der Waals surface area contributed by atoms with E-state index in [2.05, 4.69) is 10.2 Å². The maximum atomic E-state index is 13.1. The molecule has 1 unspecified atom stereocenters. The molecule has 0 aliphatic carbocycles. The van der Waals surface area contributed by atoms with Gasteiger partial charge in [-0.3, -0.25) is 0 Å². The van der Waals surface area contributed by atoms with Gasteiger partial charge in [0, 0.05) is 26.1 Å². The summed E-state index contributed by atoms with van der Waals surface area (Å²) in [7, 11) is -1.85. The van der Waals surface area contributed by atoms with Crippen LogP contribution in [0.2, 0.25) is 0 Å². The van der Waals surface area contributed by atoms with Gasteiger partial charge in [0.05, 0.1) is 17.1 Å². The van der Waals surface area contributed by atoms with E-state index in [1.54, 1.807) is 25.4 Å². The van der Waals surface area contributed by atoms with Crippen LogP contribution in [0.1, 0.15) is 41.9 Å². The smallest absolute Gasteiger partial charge is 0.338 e. The highest BCUT2D eigenvalue weighted by Crippen LogP contribution is 2.29. The minimum Gasteiger partial charge on any atom is -0.462 e. The molecular weight excluding hydrogens is 356 g/mol. The third kappa shape index (κ3) is 3.63. The molecule has 3 rings (SSSR count). The zero-order valence-electron chi connectivity index (χ0n) is 14.8. The lowest BCUT2D eigenvalue weighted by Crippen LogP contribution is -2.39. The molecule has 8 nitrogen and oxygen atoms in total. The van der Waals surface area contributed by atoms with Gasteiger partial charge < -0.3 is 9.30 Å². The Morgan fingerprint density at radius 1 is 1.38 bits per heavy atom. The molecule has 0 amide bonds. The van der Waals surface area contributed by atoms with Crippen molar-refractivity contribution in [1.82, 2.24) is 19.1 Å². The number of aryl methyl sites for hydroxylation is 1. The monoisotopic (exact) mass is 378 g/mol. The van der Waals surface area contributed by atoms with E-state index in [1.165, 1.54) is 16.4 Å². The predicted molar refractivity (Wildman–Crippen MR) is 94.1 cm³/mol. The van der Waals surface area contributed by atoms with Gasteiger partial charge >= 0.3 is 5.97 Å². The van der Waals surface area contributed by atoms with Crippen molar-refractivity contribution in [3.05, 3.63) is 42.0 Å². The molecule has 140 valence electrons. The molecule has 1 aromatic heterocycles. The fraction of sp³-hybridized carbons (Fsp3) is 0.471. The fourth-order valence-corrected chi connectivity index (χ4v) is 4.75. The van der Waals surface area contributed by atoms with E-state index in [9.17, 15) is 13.2 Å². The van der Waals surface area contributed by atoms with Crippen molar-refractivity contribution in [3.8, 4) is 0 Å². The molecule has 1 aliphatic heterocycles. The van der Waals surface area contributed by atoms with Gasteiger partial charge in [-0.05, 0) is 38.0 Å². The van der Waals surface area contributed by atoms with Gasteiger partial charge in [0.15, 0.2) is 0 Å². The lowest BCUT2D eigenvalue weighted by molar-refractivity contribution is 0.0526. The van der Waals surface area contributed by atoms with Gasteiger partial charge in [-0.15, -0.1) is 10.2 Å². The summed E-state index contributed by atoms with van der Waals surface area (Å²) in [6.07, 6.45) is 3.22. The summed E-state index contributed by atoms with van der Waals surface area (Å²) in [4.78, 5) is 12.0. The van der Waals surface area contributed by atoms with Crippen LogP contribution >= 0.6 is 0 Å². The van der Waals surface area contributed by atoms with Crippen LogP contribution < -0.4 is 0 Å². The standard InChI is InChI=1S/C17H22N4O4S/c1-3-25-17(22)13-6-4-8-15(10-13)26(23,24)21-9-5-7-14(11-21)16-19-18-12-20(16)2/h4,6,8,10,12,14H,3,5,7,9,11H2,1-2H3. The van der Waals surface area contributed by atoms with Gasteiger partial charge in [-0.1, -0.05) is 6.07 Å². The molecule has 0 bridgehead atoms. The van der Waals surface area contributed by atoms with Crippen molar-refractivity contribution in [2.45, 2.75) is 30.6 Å². The average Bonchev–Trinajstić information content (AvgIpc) is 3.08. The normalized spacial score (nSPS) is 18.6. The van der Waals surface area contributed by atoms with Crippen molar-refractivity contribution >= 4 is 16.0 Å². The molecule has 1 aliphatic rings. The molecular formula is C17H22N4O4S. The summed E-state index contributed by atoms with van der Waals surface area (Å²) < 4.78 is 34.3. The van der Waals surface area contributed by atoms with E-state index < -0.39 is 16.0 Å². The second-order valence-corrected chi connectivity index (χ2v) is 8.19. The van der Waals surface area contributed by atoms with Crippen molar-refractivity contribution < 1.29 is 17.9 Å². The first kappa shape index (κ1) is 18.5. The summed E-state index contributed by atoms with van der Waals surface area (Å²) in [6.45, 7) is 2.74. The van der Waals surface area contributed by atoms with Crippen LogP contribution in [0, 0.1) is 0 Å². The Morgan fingerprint density at radius 3 is 2.88 bits per heavy atom. The van der Waals surface area contributed by atoms with Crippen molar-refractivity contribution in [2.24, 2.45) is 7.05 Å². The van der Waals surface area contributed by atoms with E-state index in [1.807, 2.05) is 11.6 Å². The first-order valence-corrected chi connectivity index (χ1v) is 9.98. The molecule has 1 atom stereocenters. The second-order valence-electron chi connectivity index (χ2n) is 6.25. The summed E-state index contributed by atoms with van der Waals surface area (Å²) in [5.74, 6) is 0.254. The van der Waals surface area contributed by atoms with Crippen LogP contribution in [0.25, 0.3) is 0 Å². The largest absolute Gasteiger partial charge is 0.462 e. The van der Waals surface area contributed by atoms with Gasteiger partial charge in [-0.2, -0.15) is 4.31 Å². The summed E-state index contributed by atoms with van der Waals surface area (Å²) >= 11 is 0. The third-order valence-corrected chi connectivity index (χ3v) is 6.34. The molecule has 9 heteroatoms. The van der Waals surface area contributed by atoms with Gasteiger partial charge in [-0.25, -0.2) is 13.2 Å². The predicted octanol–water partition coefficient (Wildman–Crippen LogP) is 1.56. The lowest BCUT2D eigenvalue weighted by atomic mass is 9.99. The fourth-order valence-electron chi connectivity index (χ4n) is 3.18. The van der Waals surface area contributed by atoms with Crippen molar-refractivity contribution in [2.75, 3.05) is 19.7 Å². The summed E-state index contributed by atoms with van der Waals surface area (Å²) in [5.41, 5.74) is 0.231. The molecule has 0 saturated carbocycles.